The molecular formula is C24H42IN5O2. The van der Waals surface area contributed by atoms with E-state index in [9.17, 15) is 4.79 Å². The van der Waals surface area contributed by atoms with Gasteiger partial charge >= 0.3 is 6.09 Å². The van der Waals surface area contributed by atoms with Gasteiger partial charge in [0.15, 0.2) is 5.96 Å². The molecule has 1 atom stereocenters. The number of guanidine groups is 1. The Kier molecular flexibility index (Phi) is 12.3. The Labute approximate surface area is 211 Å². The van der Waals surface area contributed by atoms with Crippen molar-refractivity contribution in [3.05, 3.63) is 35.9 Å². The quantitative estimate of drug-likeness (QED) is 0.264. The summed E-state index contributed by atoms with van der Waals surface area (Å²) in [5.41, 5.74) is 0.453. The first-order valence-corrected chi connectivity index (χ1v) is 11.5. The smallest absolute Gasteiger partial charge is 0.408 e. The zero-order valence-electron chi connectivity index (χ0n) is 20.5. The van der Waals surface area contributed by atoms with E-state index < -0.39 is 11.7 Å². The van der Waals surface area contributed by atoms with Crippen LogP contribution in [0.2, 0.25) is 0 Å². The van der Waals surface area contributed by atoms with E-state index in [0.29, 0.717) is 18.6 Å². The van der Waals surface area contributed by atoms with E-state index in [1.165, 1.54) is 0 Å². The molecule has 1 amide bonds. The largest absolute Gasteiger partial charge is 0.444 e. The predicted molar refractivity (Wildman–Crippen MR) is 143 cm³/mol. The number of rotatable bonds is 7. The highest BCUT2D eigenvalue weighted by atomic mass is 127. The number of alkyl carbamates (subject to hydrolysis) is 1. The van der Waals surface area contributed by atoms with Gasteiger partial charge in [0.05, 0.1) is 12.6 Å². The molecule has 0 radical (unpaired) electrons. The number of piperidine rings is 1. The van der Waals surface area contributed by atoms with E-state index in [0.717, 1.165) is 44.0 Å². The highest BCUT2D eigenvalue weighted by Crippen LogP contribution is 2.16. The van der Waals surface area contributed by atoms with Crippen molar-refractivity contribution in [3.63, 3.8) is 0 Å². The lowest BCUT2D eigenvalue weighted by molar-refractivity contribution is 0.0505. The van der Waals surface area contributed by atoms with Crippen LogP contribution in [0.25, 0.3) is 0 Å². The lowest BCUT2D eigenvalue weighted by atomic mass is 10.0. The minimum atomic E-state index is -0.546. The third-order valence-electron chi connectivity index (χ3n) is 5.27. The number of nitrogens with one attached hydrogen (secondary N) is 3. The second-order valence-corrected chi connectivity index (χ2v) is 9.38. The molecule has 0 aromatic heterocycles. The van der Waals surface area contributed by atoms with Crippen molar-refractivity contribution in [2.75, 3.05) is 26.2 Å². The Hall–Kier alpha value is -1.55. The van der Waals surface area contributed by atoms with Gasteiger partial charge in [0, 0.05) is 31.7 Å². The highest BCUT2D eigenvalue weighted by molar-refractivity contribution is 14.0. The number of halogens is 1. The molecule has 1 unspecified atom stereocenters. The summed E-state index contributed by atoms with van der Waals surface area (Å²) in [6.45, 7) is 15.5. The van der Waals surface area contributed by atoms with Gasteiger partial charge < -0.3 is 25.6 Å². The fourth-order valence-corrected chi connectivity index (χ4v) is 3.63. The number of benzene rings is 1. The summed E-state index contributed by atoms with van der Waals surface area (Å²) in [5.74, 6) is 0.789. The minimum Gasteiger partial charge on any atom is -0.444 e. The highest BCUT2D eigenvalue weighted by Gasteiger charge is 2.23. The van der Waals surface area contributed by atoms with Gasteiger partial charge in [-0.1, -0.05) is 30.3 Å². The Bertz CT molecular complexity index is 698. The van der Waals surface area contributed by atoms with E-state index in [1.54, 1.807) is 0 Å². The number of carbonyl (C=O) groups excluding carboxylic acids is 1. The van der Waals surface area contributed by atoms with E-state index in [4.69, 9.17) is 9.73 Å². The topological polar surface area (TPSA) is 78.0 Å². The molecule has 1 aliphatic rings. The van der Waals surface area contributed by atoms with Crippen LogP contribution in [0.3, 0.4) is 0 Å². The number of hydrogen-bond acceptors (Lipinski definition) is 4. The third kappa shape index (κ3) is 10.4. The molecule has 1 aliphatic heterocycles. The molecule has 182 valence electrons. The molecule has 1 aromatic rings. The monoisotopic (exact) mass is 559 g/mol. The molecule has 0 bridgehead atoms. The lowest BCUT2D eigenvalue weighted by Gasteiger charge is -2.35. The van der Waals surface area contributed by atoms with Crippen molar-refractivity contribution in [3.8, 4) is 0 Å². The number of likely N-dealkylation sites (tertiary alicyclic amines) is 1. The van der Waals surface area contributed by atoms with Gasteiger partial charge in [-0.25, -0.2) is 4.79 Å². The maximum Gasteiger partial charge on any atom is 0.408 e. The molecule has 8 heteroatoms. The van der Waals surface area contributed by atoms with E-state index in [2.05, 4.69) is 41.6 Å². The van der Waals surface area contributed by atoms with Crippen LogP contribution < -0.4 is 16.0 Å². The fraction of sp³-hybridized carbons (Fsp3) is 0.667. The van der Waals surface area contributed by atoms with Gasteiger partial charge in [0.25, 0.3) is 0 Å². The van der Waals surface area contributed by atoms with Crippen LogP contribution in [-0.2, 0) is 4.74 Å². The fourth-order valence-electron chi connectivity index (χ4n) is 3.63. The number of carbonyl (C=O) groups is 1. The van der Waals surface area contributed by atoms with Gasteiger partial charge in [0.1, 0.15) is 5.60 Å². The zero-order chi connectivity index (χ0) is 22.9. The average Bonchev–Trinajstić information content (AvgIpc) is 2.70. The Balaban J connectivity index is 0.00000512. The van der Waals surface area contributed by atoms with Crippen LogP contribution in [0.4, 0.5) is 4.79 Å². The van der Waals surface area contributed by atoms with Crippen LogP contribution in [0.1, 0.15) is 66.0 Å². The van der Waals surface area contributed by atoms with E-state index in [-0.39, 0.29) is 30.0 Å². The first-order chi connectivity index (χ1) is 14.7. The van der Waals surface area contributed by atoms with Crippen LogP contribution in [-0.4, -0.2) is 60.8 Å². The molecule has 7 nitrogen and oxygen atoms in total. The van der Waals surface area contributed by atoms with Crippen molar-refractivity contribution >= 4 is 36.0 Å². The van der Waals surface area contributed by atoms with Crippen molar-refractivity contribution in [2.24, 2.45) is 4.99 Å². The molecule has 1 heterocycles. The third-order valence-corrected chi connectivity index (χ3v) is 5.27. The van der Waals surface area contributed by atoms with Crippen LogP contribution in [0.15, 0.2) is 35.3 Å². The summed E-state index contributed by atoms with van der Waals surface area (Å²) < 4.78 is 5.46. The number of ether oxygens (including phenoxy) is 1. The number of nitrogens with zero attached hydrogens (tertiary/aromatic N) is 2. The first-order valence-electron chi connectivity index (χ1n) is 11.5. The van der Waals surface area contributed by atoms with Crippen LogP contribution in [0.5, 0.6) is 0 Å². The number of aliphatic imine (C=N–C) groups is 1. The number of hydrogen-bond donors (Lipinski definition) is 3. The summed E-state index contributed by atoms with van der Waals surface area (Å²) in [4.78, 5) is 19.7. The molecule has 1 aromatic carbocycles. The second kappa shape index (κ2) is 13.9. The van der Waals surface area contributed by atoms with E-state index >= 15 is 0 Å². The van der Waals surface area contributed by atoms with Gasteiger partial charge in [-0.15, -0.1) is 24.0 Å². The van der Waals surface area contributed by atoms with Crippen LogP contribution >= 0.6 is 24.0 Å². The normalized spacial score (nSPS) is 16.8. The summed E-state index contributed by atoms with van der Waals surface area (Å²) in [7, 11) is 0. The van der Waals surface area contributed by atoms with Crippen molar-refractivity contribution in [2.45, 2.75) is 78.1 Å². The Morgan fingerprint density at radius 2 is 1.81 bits per heavy atom. The summed E-state index contributed by atoms with van der Waals surface area (Å²) in [5, 5.41) is 9.91. The van der Waals surface area contributed by atoms with Crippen LogP contribution in [0, 0.1) is 0 Å². The molecule has 0 saturated carbocycles. The predicted octanol–water partition coefficient (Wildman–Crippen LogP) is 4.30. The molecule has 0 aliphatic carbocycles. The average molecular weight is 560 g/mol. The molecule has 1 fully saturated rings. The standard InChI is InChI=1S/C24H41N5O2.HI/c1-7-25-22(27-20-13-15-29(16-14-20)18(2)3)26-17-21(19-11-9-8-10-12-19)28-23(30)31-24(4,5)6;/h8-12,18,20-21H,7,13-17H2,1-6H3,(H,28,30)(H2,25,26,27);1H. The SMILES string of the molecule is CCNC(=NCC(NC(=O)OC(C)(C)C)c1ccccc1)NC1CCN(C(C)C)CC1.I. The first kappa shape index (κ1) is 28.5. The Morgan fingerprint density at radius 1 is 1.19 bits per heavy atom. The molecule has 3 N–H and O–H groups in total. The van der Waals surface area contributed by atoms with Crippen molar-refractivity contribution < 1.29 is 9.53 Å². The molecule has 0 spiro atoms. The van der Waals surface area contributed by atoms with Gasteiger partial charge in [-0.2, -0.15) is 0 Å². The lowest BCUT2D eigenvalue weighted by Crippen LogP contribution is -2.50. The summed E-state index contributed by atoms with van der Waals surface area (Å²) in [6, 6.07) is 10.6. The van der Waals surface area contributed by atoms with Crippen molar-refractivity contribution in [1.29, 1.82) is 0 Å². The van der Waals surface area contributed by atoms with Gasteiger partial charge in [-0.05, 0) is 59.9 Å². The zero-order valence-corrected chi connectivity index (χ0v) is 22.8. The maximum absolute atomic E-state index is 12.4. The molecule has 2 rings (SSSR count). The summed E-state index contributed by atoms with van der Waals surface area (Å²) in [6.07, 6.45) is 1.76. The van der Waals surface area contributed by atoms with Crippen molar-refractivity contribution in [1.82, 2.24) is 20.9 Å². The van der Waals surface area contributed by atoms with Gasteiger partial charge in [-0.3, -0.25) is 4.99 Å². The molecular weight excluding hydrogens is 517 g/mol. The van der Waals surface area contributed by atoms with Gasteiger partial charge in [0.2, 0.25) is 0 Å². The molecule has 32 heavy (non-hydrogen) atoms. The summed E-state index contributed by atoms with van der Waals surface area (Å²) >= 11 is 0. The second-order valence-electron chi connectivity index (χ2n) is 9.38. The molecule has 1 saturated heterocycles. The maximum atomic E-state index is 12.4. The minimum absolute atomic E-state index is 0. The van der Waals surface area contributed by atoms with E-state index in [1.807, 2.05) is 51.1 Å². The Morgan fingerprint density at radius 3 is 2.34 bits per heavy atom. The number of amides is 1.